The average molecular weight is 430 g/mol. The lowest BCUT2D eigenvalue weighted by atomic mass is 9.94. The topological polar surface area (TPSA) is 75.6 Å². The number of aromatic nitrogens is 2. The molecule has 0 radical (unpaired) electrons. The minimum absolute atomic E-state index is 0.0149. The van der Waals surface area contributed by atoms with E-state index in [9.17, 15) is 9.90 Å². The van der Waals surface area contributed by atoms with Crippen LogP contribution in [0.25, 0.3) is 11.1 Å². The summed E-state index contributed by atoms with van der Waals surface area (Å²) in [5, 5.41) is 18.3. The average Bonchev–Trinajstić information content (AvgIpc) is 3.12. The van der Waals surface area contributed by atoms with Gasteiger partial charge < -0.3 is 14.7 Å². The second kappa shape index (κ2) is 8.71. The molecule has 2 aromatic carbocycles. The largest absolute Gasteiger partial charge is 0.487 e. The van der Waals surface area contributed by atoms with Crippen molar-refractivity contribution in [2.45, 2.75) is 57.9 Å². The molecule has 0 saturated heterocycles. The van der Waals surface area contributed by atoms with Crippen LogP contribution >= 0.6 is 0 Å². The van der Waals surface area contributed by atoms with Crippen molar-refractivity contribution in [2.75, 3.05) is 0 Å². The fourth-order valence-corrected chi connectivity index (χ4v) is 4.64. The van der Waals surface area contributed by atoms with E-state index in [4.69, 9.17) is 4.74 Å². The Morgan fingerprint density at radius 2 is 1.91 bits per heavy atom. The highest BCUT2D eigenvalue weighted by Crippen LogP contribution is 2.34. The number of aliphatic hydroxyl groups excluding tert-OH is 1. The Balaban J connectivity index is 1.31. The van der Waals surface area contributed by atoms with Crippen LogP contribution in [0.3, 0.4) is 0 Å². The zero-order valence-corrected chi connectivity index (χ0v) is 18.2. The molecule has 2 aliphatic rings. The van der Waals surface area contributed by atoms with Crippen molar-refractivity contribution >= 4 is 5.91 Å². The van der Waals surface area contributed by atoms with E-state index in [0.717, 1.165) is 53.6 Å². The Labute approximate surface area is 187 Å². The van der Waals surface area contributed by atoms with E-state index >= 15 is 0 Å². The molecule has 2 unspecified atom stereocenters. The zero-order chi connectivity index (χ0) is 22.1. The van der Waals surface area contributed by atoms with E-state index in [1.807, 2.05) is 36.1 Å². The Kier molecular flexibility index (Phi) is 5.62. The number of ether oxygens (including phenoxy) is 1. The highest BCUT2D eigenvalue weighted by Gasteiger charge is 2.33. The summed E-state index contributed by atoms with van der Waals surface area (Å²) in [6, 6.07) is 16.0. The number of nitrogens with zero attached hydrogens (tertiary/aromatic N) is 3. The second-order valence-electron chi connectivity index (χ2n) is 8.74. The predicted molar refractivity (Wildman–Crippen MR) is 121 cm³/mol. The molecule has 1 aromatic heterocycles. The maximum absolute atomic E-state index is 13.2. The molecule has 2 heterocycles. The van der Waals surface area contributed by atoms with Gasteiger partial charge in [0.2, 0.25) is 0 Å². The number of carbonyl (C=O) groups is 1. The number of aliphatic hydroxyl groups is 1. The summed E-state index contributed by atoms with van der Waals surface area (Å²) in [5.41, 5.74) is 5.67. The first-order chi connectivity index (χ1) is 15.6. The molecule has 3 aromatic rings. The van der Waals surface area contributed by atoms with Crippen LogP contribution in [0, 0.1) is 6.92 Å². The van der Waals surface area contributed by atoms with Gasteiger partial charge in [-0.15, -0.1) is 0 Å². The number of amides is 1. The maximum atomic E-state index is 13.2. The molecule has 1 fully saturated rings. The number of fused-ring (bicyclic) bond motifs is 1. The second-order valence-corrected chi connectivity index (χ2v) is 8.74. The van der Waals surface area contributed by atoms with E-state index in [-0.39, 0.29) is 12.0 Å². The molecule has 0 spiro atoms. The van der Waals surface area contributed by atoms with Crippen molar-refractivity contribution in [2.24, 2.45) is 0 Å². The van der Waals surface area contributed by atoms with Gasteiger partial charge in [0.1, 0.15) is 11.9 Å². The summed E-state index contributed by atoms with van der Waals surface area (Å²) in [4.78, 5) is 15.1. The van der Waals surface area contributed by atoms with Crippen molar-refractivity contribution in [3.8, 4) is 16.9 Å². The van der Waals surface area contributed by atoms with Gasteiger partial charge in [-0.25, -0.2) is 0 Å². The molecular formula is C26H27N3O3. The molecule has 1 aliphatic heterocycles. The molecule has 6 heteroatoms. The first-order valence-corrected chi connectivity index (χ1v) is 11.2. The number of hydrogen-bond donors (Lipinski definition) is 1. The zero-order valence-electron chi connectivity index (χ0n) is 18.2. The van der Waals surface area contributed by atoms with Gasteiger partial charge in [-0.05, 0) is 55.0 Å². The standard InChI is InChI=1S/C26H27N3O3/c1-17-13-21(14-27-28-17)19-11-9-18(10-12-19)15-29-16-20-5-4-8-24(25(20)26(29)31)32-23-7-3-2-6-22(23)30/h4-5,8-14,22-23,30H,2-3,6-7,15-16H2,1H3. The Morgan fingerprint density at radius 3 is 2.69 bits per heavy atom. The number of rotatable bonds is 5. The molecule has 32 heavy (non-hydrogen) atoms. The van der Waals surface area contributed by atoms with Gasteiger partial charge in [-0.3, -0.25) is 4.79 Å². The SMILES string of the molecule is Cc1cc(-c2ccc(CN3Cc4cccc(OC5CCCCC5O)c4C3=O)cc2)cnn1. The fourth-order valence-electron chi connectivity index (χ4n) is 4.64. The van der Waals surface area contributed by atoms with Crippen molar-refractivity contribution in [1.82, 2.24) is 15.1 Å². The fraction of sp³-hybridized carbons (Fsp3) is 0.346. The van der Waals surface area contributed by atoms with Gasteiger partial charge in [0.15, 0.2) is 0 Å². The molecule has 1 saturated carbocycles. The molecule has 164 valence electrons. The lowest BCUT2D eigenvalue weighted by molar-refractivity contribution is 0.00636. The van der Waals surface area contributed by atoms with Crippen LogP contribution < -0.4 is 4.74 Å². The van der Waals surface area contributed by atoms with E-state index in [0.29, 0.717) is 24.4 Å². The summed E-state index contributed by atoms with van der Waals surface area (Å²) in [6.45, 7) is 3.02. The van der Waals surface area contributed by atoms with Gasteiger partial charge >= 0.3 is 0 Å². The molecule has 5 rings (SSSR count). The number of aryl methyl sites for hydroxylation is 1. The highest BCUT2D eigenvalue weighted by atomic mass is 16.5. The first-order valence-electron chi connectivity index (χ1n) is 11.2. The maximum Gasteiger partial charge on any atom is 0.258 e. The number of carbonyl (C=O) groups excluding carboxylic acids is 1. The third-order valence-corrected chi connectivity index (χ3v) is 6.36. The van der Waals surface area contributed by atoms with E-state index in [1.54, 1.807) is 6.20 Å². The van der Waals surface area contributed by atoms with E-state index < -0.39 is 6.10 Å². The minimum atomic E-state index is -0.467. The van der Waals surface area contributed by atoms with E-state index in [2.05, 4.69) is 34.5 Å². The third-order valence-electron chi connectivity index (χ3n) is 6.36. The lowest BCUT2D eigenvalue weighted by Crippen LogP contribution is -2.35. The summed E-state index contributed by atoms with van der Waals surface area (Å²) >= 11 is 0. The van der Waals surface area contributed by atoms with Crippen molar-refractivity contribution in [3.63, 3.8) is 0 Å². The van der Waals surface area contributed by atoms with Crippen LogP contribution in [-0.2, 0) is 13.1 Å². The van der Waals surface area contributed by atoms with Crippen LogP contribution in [0.5, 0.6) is 5.75 Å². The monoisotopic (exact) mass is 429 g/mol. The highest BCUT2D eigenvalue weighted by molar-refractivity contribution is 6.01. The molecule has 6 nitrogen and oxygen atoms in total. The predicted octanol–water partition coefficient (Wildman–Crippen LogP) is 4.29. The smallest absolute Gasteiger partial charge is 0.258 e. The molecular weight excluding hydrogens is 402 g/mol. The van der Waals surface area contributed by atoms with Gasteiger partial charge in [-0.1, -0.05) is 42.8 Å². The van der Waals surface area contributed by atoms with Crippen LogP contribution in [-0.4, -0.2) is 38.3 Å². The summed E-state index contributed by atoms with van der Waals surface area (Å²) in [6.07, 6.45) is 4.69. The van der Waals surface area contributed by atoms with Crippen molar-refractivity contribution in [1.29, 1.82) is 0 Å². The van der Waals surface area contributed by atoms with Crippen LogP contribution in [0.2, 0.25) is 0 Å². The van der Waals surface area contributed by atoms with Gasteiger partial charge in [0.05, 0.1) is 23.6 Å². The number of hydrogen-bond acceptors (Lipinski definition) is 5. The third kappa shape index (κ3) is 4.10. The minimum Gasteiger partial charge on any atom is -0.487 e. The van der Waals surface area contributed by atoms with Crippen molar-refractivity contribution in [3.05, 3.63) is 77.1 Å². The quantitative estimate of drug-likeness (QED) is 0.655. The van der Waals surface area contributed by atoms with Gasteiger partial charge in [-0.2, -0.15) is 10.2 Å². The summed E-state index contributed by atoms with van der Waals surface area (Å²) in [7, 11) is 0. The van der Waals surface area contributed by atoms with Crippen molar-refractivity contribution < 1.29 is 14.6 Å². The molecule has 1 N–H and O–H groups in total. The lowest BCUT2D eigenvalue weighted by Gasteiger charge is -2.28. The molecule has 1 aliphatic carbocycles. The summed E-state index contributed by atoms with van der Waals surface area (Å²) in [5.74, 6) is 0.579. The Morgan fingerprint density at radius 1 is 1.09 bits per heavy atom. The Hall–Kier alpha value is -3.25. The molecule has 0 bridgehead atoms. The van der Waals surface area contributed by atoms with Crippen LogP contribution in [0.1, 0.15) is 52.9 Å². The molecule has 1 amide bonds. The summed E-state index contributed by atoms with van der Waals surface area (Å²) < 4.78 is 6.15. The molecule has 2 atom stereocenters. The normalized spacial score (nSPS) is 20.3. The van der Waals surface area contributed by atoms with Crippen LogP contribution in [0.15, 0.2) is 54.7 Å². The Bertz CT molecular complexity index is 1130. The van der Waals surface area contributed by atoms with Crippen LogP contribution in [0.4, 0.5) is 0 Å². The first kappa shape index (κ1) is 20.6. The van der Waals surface area contributed by atoms with Gasteiger partial charge in [0.25, 0.3) is 5.91 Å². The van der Waals surface area contributed by atoms with E-state index in [1.165, 1.54) is 0 Å². The number of benzene rings is 2. The van der Waals surface area contributed by atoms with Gasteiger partial charge in [0, 0.05) is 18.7 Å².